The molecule has 4 N–H and O–H groups in total. The fourth-order valence-electron chi connectivity index (χ4n) is 8.46. The van der Waals surface area contributed by atoms with Crippen molar-refractivity contribution in [3.63, 3.8) is 0 Å². The quantitative estimate of drug-likeness (QED) is 0.0585. The molecule has 0 aliphatic heterocycles. The summed E-state index contributed by atoms with van der Waals surface area (Å²) in [6, 6.07) is 33.2. The van der Waals surface area contributed by atoms with Gasteiger partial charge in [-0.15, -0.1) is 0 Å². The molecular formula is C54H75MgN6+3. The Morgan fingerprint density at radius 3 is 1.36 bits per heavy atom. The van der Waals surface area contributed by atoms with Gasteiger partial charge in [-0.1, -0.05) is 171 Å². The molecule has 2 aliphatic carbocycles. The van der Waals surface area contributed by atoms with E-state index in [4.69, 9.17) is 0 Å². The molecule has 0 amide bonds. The van der Waals surface area contributed by atoms with Gasteiger partial charge in [-0.2, -0.15) is 12.4 Å². The second kappa shape index (κ2) is 26.3. The minimum Gasteiger partial charge on any atom is -0.659 e. The van der Waals surface area contributed by atoms with E-state index in [1.165, 1.54) is 109 Å². The van der Waals surface area contributed by atoms with Gasteiger partial charge in [-0.3, -0.25) is 10.3 Å². The Labute approximate surface area is 385 Å². The molecule has 2 aromatic heterocycles. The van der Waals surface area contributed by atoms with Crippen LogP contribution in [0.15, 0.2) is 103 Å². The zero-order valence-electron chi connectivity index (χ0n) is 38.8. The van der Waals surface area contributed by atoms with Gasteiger partial charge in [0.1, 0.15) is 0 Å². The topological polar surface area (TPSA) is 82.1 Å². The Morgan fingerprint density at radius 1 is 0.541 bits per heavy atom. The zero-order chi connectivity index (χ0) is 42.7. The molecule has 2 aliphatic rings. The predicted octanol–water partition coefficient (Wildman–Crippen LogP) is 8.03. The van der Waals surface area contributed by atoms with Crippen molar-refractivity contribution in [3.8, 4) is 0 Å². The molecule has 0 spiro atoms. The third-order valence-electron chi connectivity index (χ3n) is 11.8. The largest absolute Gasteiger partial charge is 2.00 e. The molecule has 2 heterocycles. The first-order valence-corrected chi connectivity index (χ1v) is 23.1. The minimum atomic E-state index is 0. The first-order chi connectivity index (χ1) is 29.1. The summed E-state index contributed by atoms with van der Waals surface area (Å²) in [5.74, 6) is 3.37. The van der Waals surface area contributed by atoms with Gasteiger partial charge >= 0.3 is 23.1 Å². The number of hydrogen-bond donors (Lipinski definition) is 4. The van der Waals surface area contributed by atoms with E-state index in [2.05, 4.69) is 152 Å². The second-order valence-corrected chi connectivity index (χ2v) is 18.0. The van der Waals surface area contributed by atoms with Crippen LogP contribution in [0.1, 0.15) is 182 Å². The maximum absolute atomic E-state index is 4.26. The van der Waals surface area contributed by atoms with Crippen LogP contribution >= 0.6 is 0 Å². The van der Waals surface area contributed by atoms with Crippen molar-refractivity contribution >= 4 is 52.7 Å². The fraction of sp³-hybridized carbons (Fsp3) is 0.463. The SMILES string of the molecule is CC(C)c1cccc(C(C)C)c1[NH+]=Cc1ccc[n-]1.CC(C)c1cccc(C(C)C)c1[NH+]=Cc1ccc[n-]1.[Mg+2].c1ccc(CC(NC2CCCCC2)=[NH+]C2CCCCC2)cc1. The Morgan fingerprint density at radius 2 is 0.967 bits per heavy atom. The number of nitrogens with one attached hydrogen (secondary N) is 4. The molecule has 0 saturated heterocycles. The van der Waals surface area contributed by atoms with Gasteiger partial charge in [0.25, 0.3) is 0 Å². The maximum atomic E-state index is 4.26. The van der Waals surface area contributed by atoms with E-state index in [0.717, 1.165) is 17.8 Å². The summed E-state index contributed by atoms with van der Waals surface area (Å²) in [5.41, 5.74) is 11.2. The minimum absolute atomic E-state index is 0. The fourth-order valence-corrected chi connectivity index (χ4v) is 8.46. The average molecular weight is 833 g/mol. The smallest absolute Gasteiger partial charge is 0.659 e. The van der Waals surface area contributed by atoms with Crippen LogP contribution in [0, 0.1) is 0 Å². The Balaban J connectivity index is 0.000000201. The molecule has 2 fully saturated rings. The summed E-state index contributed by atoms with van der Waals surface area (Å²) in [7, 11) is 0. The van der Waals surface area contributed by atoms with Gasteiger partial charge in [-0.05, 0) is 80.6 Å². The molecule has 2 saturated carbocycles. The Bertz CT molecular complexity index is 1870. The first kappa shape index (κ1) is 49.5. The molecular weight excluding hydrogens is 757 g/mol. The van der Waals surface area contributed by atoms with Crippen LogP contribution in [0.4, 0.5) is 11.4 Å². The van der Waals surface area contributed by atoms with Crippen molar-refractivity contribution in [2.45, 2.75) is 162 Å². The molecule has 0 atom stereocenters. The van der Waals surface area contributed by atoms with Crippen molar-refractivity contribution in [1.82, 2.24) is 15.3 Å². The number of hydrogen-bond acceptors (Lipinski definition) is 0. The predicted molar refractivity (Wildman–Crippen MR) is 259 cm³/mol. The van der Waals surface area contributed by atoms with E-state index < -0.39 is 0 Å². The maximum Gasteiger partial charge on any atom is 2.00 e. The molecule has 61 heavy (non-hydrogen) atoms. The van der Waals surface area contributed by atoms with Gasteiger partial charge in [0, 0.05) is 22.3 Å². The molecule has 6 nitrogen and oxygen atoms in total. The third kappa shape index (κ3) is 16.2. The van der Waals surface area contributed by atoms with Crippen LogP contribution in [0.3, 0.4) is 0 Å². The second-order valence-electron chi connectivity index (χ2n) is 18.0. The normalized spacial score (nSPS) is 15.2. The molecule has 320 valence electrons. The van der Waals surface area contributed by atoms with E-state index in [1.54, 1.807) is 0 Å². The van der Waals surface area contributed by atoms with Crippen molar-refractivity contribution in [2.24, 2.45) is 0 Å². The average Bonchev–Trinajstić information content (AvgIpc) is 3.99. The number of rotatable bonds is 12. The summed E-state index contributed by atoms with van der Waals surface area (Å²) in [6.45, 7) is 17.8. The van der Waals surface area contributed by atoms with E-state index in [9.17, 15) is 0 Å². The number of aromatic nitrogens is 2. The third-order valence-corrected chi connectivity index (χ3v) is 11.8. The van der Waals surface area contributed by atoms with Crippen molar-refractivity contribution < 1.29 is 15.0 Å². The number of amidine groups is 1. The van der Waals surface area contributed by atoms with Gasteiger partial charge in [0.05, 0.1) is 18.5 Å². The number of benzene rings is 3. The van der Waals surface area contributed by atoms with Gasteiger partial charge < -0.3 is 9.97 Å². The van der Waals surface area contributed by atoms with Crippen LogP contribution < -0.4 is 30.3 Å². The Kier molecular flexibility index (Phi) is 21.3. The number of nitrogens with zero attached hydrogens (tertiary/aromatic N) is 2. The molecule has 0 radical (unpaired) electrons. The van der Waals surface area contributed by atoms with Crippen molar-refractivity contribution in [3.05, 3.63) is 143 Å². The first-order valence-electron chi connectivity index (χ1n) is 23.1. The monoisotopic (exact) mass is 832 g/mol. The van der Waals surface area contributed by atoms with Crippen molar-refractivity contribution in [2.75, 3.05) is 0 Å². The van der Waals surface area contributed by atoms with E-state index in [-0.39, 0.29) is 23.1 Å². The molecule has 7 heteroatoms. The standard InChI is InChI=1S/C20H30N2.2C17H21N2.Mg/c1-4-10-17(11-5-1)16-20(21-18-12-6-2-7-13-18)22-19-14-8-3-9-15-19;2*1-12(2)15-8-5-9-16(13(3)4)17(15)19-11-14-7-6-10-18-14;/h1,4-5,10-11,18-19H,2-3,6-9,12-16H2,(H,21,22);2*5-13H,1-4H3;/q;2*-1;+2/p+3. The summed E-state index contributed by atoms with van der Waals surface area (Å²) in [5, 5.41) is 3.86. The van der Waals surface area contributed by atoms with Crippen LogP contribution in [0.5, 0.6) is 0 Å². The summed E-state index contributed by atoms with van der Waals surface area (Å²) in [6.07, 6.45) is 22.3. The van der Waals surface area contributed by atoms with E-state index in [0.29, 0.717) is 35.8 Å². The molecule has 5 aromatic rings. The van der Waals surface area contributed by atoms with Gasteiger partial charge in [0.15, 0.2) is 12.4 Å². The Hall–Kier alpha value is -4.20. The van der Waals surface area contributed by atoms with Crippen LogP contribution in [-0.4, -0.2) is 53.4 Å². The van der Waals surface area contributed by atoms with E-state index >= 15 is 0 Å². The molecule has 0 bridgehead atoms. The summed E-state index contributed by atoms with van der Waals surface area (Å²) < 4.78 is 0. The van der Waals surface area contributed by atoms with Gasteiger partial charge in [0.2, 0.25) is 17.2 Å². The van der Waals surface area contributed by atoms with Crippen LogP contribution in [0.2, 0.25) is 0 Å². The molecule has 0 unspecified atom stereocenters. The van der Waals surface area contributed by atoms with Gasteiger partial charge in [-0.25, -0.2) is 9.98 Å². The van der Waals surface area contributed by atoms with Crippen molar-refractivity contribution in [1.29, 1.82) is 0 Å². The summed E-state index contributed by atoms with van der Waals surface area (Å²) in [4.78, 5) is 19.3. The summed E-state index contributed by atoms with van der Waals surface area (Å²) >= 11 is 0. The number of para-hydroxylation sites is 2. The molecule has 7 rings (SSSR count). The van der Waals surface area contributed by atoms with Crippen LogP contribution in [-0.2, 0) is 6.42 Å². The van der Waals surface area contributed by atoms with E-state index in [1.807, 2.05) is 49.1 Å². The van der Waals surface area contributed by atoms with Crippen LogP contribution in [0.25, 0.3) is 0 Å². The molecule has 3 aromatic carbocycles. The zero-order valence-corrected chi connectivity index (χ0v) is 40.2.